The molecule has 0 spiro atoms. The molecule has 3 aromatic rings. The molecule has 0 bridgehead atoms. The van der Waals surface area contributed by atoms with Gasteiger partial charge in [-0.2, -0.15) is 0 Å². The molecule has 0 saturated heterocycles. The lowest BCUT2D eigenvalue weighted by Gasteiger charge is -2.23. The minimum Gasteiger partial charge on any atom is -0.493 e. The first-order chi connectivity index (χ1) is 16.4. The minimum absolute atomic E-state index is 0.273. The Morgan fingerprint density at radius 1 is 0.941 bits per heavy atom. The van der Waals surface area contributed by atoms with E-state index in [2.05, 4.69) is 5.32 Å². The van der Waals surface area contributed by atoms with Crippen LogP contribution in [-0.2, 0) is 6.54 Å². The quantitative estimate of drug-likeness (QED) is 0.471. The summed E-state index contributed by atoms with van der Waals surface area (Å²) in [7, 11) is 3.03. The number of rotatable bonds is 10. The van der Waals surface area contributed by atoms with E-state index in [1.54, 1.807) is 47.4 Å². The number of benzene rings is 3. The Morgan fingerprint density at radius 2 is 1.71 bits per heavy atom. The van der Waals surface area contributed by atoms with Crippen LogP contribution in [0.4, 0.5) is 10.1 Å². The summed E-state index contributed by atoms with van der Waals surface area (Å²) in [5, 5.41) is 2.86. The van der Waals surface area contributed by atoms with Gasteiger partial charge in [0.05, 0.1) is 14.2 Å². The highest BCUT2D eigenvalue weighted by Crippen LogP contribution is 2.28. The highest BCUT2D eigenvalue weighted by atomic mass is 19.1. The molecule has 0 radical (unpaired) electrons. The summed E-state index contributed by atoms with van der Waals surface area (Å²) in [6.45, 7) is 1.14. The Bertz CT molecular complexity index is 1150. The van der Waals surface area contributed by atoms with Gasteiger partial charge in [0.2, 0.25) is 0 Å². The van der Waals surface area contributed by atoms with Gasteiger partial charge in [-0.05, 0) is 67.1 Å². The smallest absolute Gasteiger partial charge is 0.255 e. The lowest BCUT2D eigenvalue weighted by Crippen LogP contribution is -2.32. The Morgan fingerprint density at radius 3 is 2.41 bits per heavy atom. The number of hydrogen-bond acceptors (Lipinski definition) is 5. The van der Waals surface area contributed by atoms with Gasteiger partial charge in [-0.15, -0.1) is 0 Å². The number of ether oxygens (including phenoxy) is 2. The molecule has 0 atom stereocenters. The number of anilines is 1. The summed E-state index contributed by atoms with van der Waals surface area (Å²) in [5.74, 6) is -0.0805. The molecule has 0 unspecified atom stereocenters. The van der Waals surface area contributed by atoms with Gasteiger partial charge in [0.15, 0.2) is 11.5 Å². The monoisotopic (exact) mass is 465 g/mol. The third kappa shape index (κ3) is 6.32. The Labute approximate surface area is 198 Å². The van der Waals surface area contributed by atoms with E-state index in [0.717, 1.165) is 5.56 Å². The molecule has 3 rings (SSSR count). The summed E-state index contributed by atoms with van der Waals surface area (Å²) >= 11 is 0. The second kappa shape index (κ2) is 11.8. The molecule has 0 fully saturated rings. The predicted molar refractivity (Wildman–Crippen MR) is 129 cm³/mol. The maximum absolute atomic E-state index is 13.6. The molecule has 8 heteroatoms. The zero-order valence-corrected chi connectivity index (χ0v) is 19.2. The van der Waals surface area contributed by atoms with Crippen LogP contribution in [-0.4, -0.2) is 44.0 Å². The zero-order valence-electron chi connectivity index (χ0n) is 19.2. The van der Waals surface area contributed by atoms with Crippen LogP contribution < -0.4 is 20.5 Å². The number of nitrogens with one attached hydrogen (secondary N) is 1. The van der Waals surface area contributed by atoms with Crippen LogP contribution in [0.3, 0.4) is 0 Å². The fourth-order valence-electron chi connectivity index (χ4n) is 3.49. The second-order valence-electron chi connectivity index (χ2n) is 7.60. The van der Waals surface area contributed by atoms with Gasteiger partial charge in [0, 0.05) is 29.9 Å². The number of carbonyl (C=O) groups excluding carboxylic acids is 2. The van der Waals surface area contributed by atoms with E-state index >= 15 is 0 Å². The second-order valence-corrected chi connectivity index (χ2v) is 7.60. The maximum atomic E-state index is 13.6. The van der Waals surface area contributed by atoms with Crippen molar-refractivity contribution in [1.82, 2.24) is 4.90 Å². The summed E-state index contributed by atoms with van der Waals surface area (Å²) in [6.07, 6.45) is 0.608. The average molecular weight is 466 g/mol. The van der Waals surface area contributed by atoms with E-state index in [-0.39, 0.29) is 23.9 Å². The van der Waals surface area contributed by atoms with Crippen molar-refractivity contribution in [3.8, 4) is 11.5 Å². The highest BCUT2D eigenvalue weighted by molar-refractivity contribution is 6.04. The zero-order chi connectivity index (χ0) is 24.5. The topological polar surface area (TPSA) is 93.9 Å². The Kier molecular flexibility index (Phi) is 8.59. The summed E-state index contributed by atoms with van der Waals surface area (Å²) in [4.78, 5) is 27.4. The highest BCUT2D eigenvalue weighted by Gasteiger charge is 2.17. The van der Waals surface area contributed by atoms with E-state index in [4.69, 9.17) is 15.2 Å². The SMILES string of the molecule is COc1ccc(C(=O)Nc2cccc(CN(CCCN)C(=O)c3cccc(F)c3)c2)cc1OC. The van der Waals surface area contributed by atoms with E-state index in [1.807, 2.05) is 6.07 Å². The molecule has 0 heterocycles. The average Bonchev–Trinajstić information content (AvgIpc) is 2.85. The van der Waals surface area contributed by atoms with Crippen molar-refractivity contribution in [3.05, 3.63) is 89.2 Å². The molecule has 7 nitrogen and oxygen atoms in total. The molecule has 178 valence electrons. The number of nitrogens with zero attached hydrogens (tertiary/aromatic N) is 1. The van der Waals surface area contributed by atoms with Crippen molar-refractivity contribution in [2.45, 2.75) is 13.0 Å². The third-order valence-electron chi connectivity index (χ3n) is 5.19. The van der Waals surface area contributed by atoms with Crippen molar-refractivity contribution in [2.75, 3.05) is 32.6 Å². The first-order valence-electron chi connectivity index (χ1n) is 10.8. The largest absolute Gasteiger partial charge is 0.493 e. The summed E-state index contributed by atoms with van der Waals surface area (Å²) in [5.41, 5.74) is 7.72. The first kappa shape index (κ1) is 24.7. The van der Waals surface area contributed by atoms with Gasteiger partial charge in [0.25, 0.3) is 11.8 Å². The van der Waals surface area contributed by atoms with E-state index in [1.165, 1.54) is 32.4 Å². The van der Waals surface area contributed by atoms with Crippen molar-refractivity contribution in [2.24, 2.45) is 5.73 Å². The normalized spacial score (nSPS) is 10.5. The fraction of sp³-hybridized carbons (Fsp3) is 0.231. The molecular weight excluding hydrogens is 437 g/mol. The number of hydrogen-bond donors (Lipinski definition) is 2. The van der Waals surface area contributed by atoms with Crippen molar-refractivity contribution >= 4 is 17.5 Å². The molecule has 0 aliphatic rings. The minimum atomic E-state index is -0.468. The molecular formula is C26H28FN3O4. The molecule has 0 aliphatic carbocycles. The lowest BCUT2D eigenvalue weighted by atomic mass is 10.1. The van der Waals surface area contributed by atoms with Crippen LogP contribution in [0.2, 0.25) is 0 Å². The molecule has 2 amide bonds. The molecule has 0 aliphatic heterocycles. The maximum Gasteiger partial charge on any atom is 0.255 e. The van der Waals surface area contributed by atoms with Crippen LogP contribution >= 0.6 is 0 Å². The van der Waals surface area contributed by atoms with Gasteiger partial charge in [-0.25, -0.2) is 4.39 Å². The summed E-state index contributed by atoms with van der Waals surface area (Å²) in [6, 6.07) is 17.7. The number of halogens is 1. The molecule has 34 heavy (non-hydrogen) atoms. The van der Waals surface area contributed by atoms with Crippen molar-refractivity contribution in [3.63, 3.8) is 0 Å². The van der Waals surface area contributed by atoms with Gasteiger partial charge >= 0.3 is 0 Å². The standard InChI is InChI=1S/C26H28FN3O4/c1-33-23-11-10-19(16-24(23)34-2)25(31)29-22-9-3-6-18(14-22)17-30(13-5-12-28)26(32)20-7-4-8-21(27)15-20/h3-4,6-11,14-16H,5,12-13,17,28H2,1-2H3,(H,29,31). The number of amides is 2. The lowest BCUT2D eigenvalue weighted by molar-refractivity contribution is 0.0741. The Balaban J connectivity index is 1.76. The van der Waals surface area contributed by atoms with Crippen LogP contribution in [0.15, 0.2) is 66.7 Å². The third-order valence-corrected chi connectivity index (χ3v) is 5.19. The van der Waals surface area contributed by atoms with Crippen LogP contribution in [0, 0.1) is 5.82 Å². The molecule has 3 aromatic carbocycles. The number of nitrogens with two attached hydrogens (primary N) is 1. The van der Waals surface area contributed by atoms with Crippen LogP contribution in [0.5, 0.6) is 11.5 Å². The Hall–Kier alpha value is -3.91. The first-order valence-corrected chi connectivity index (χ1v) is 10.8. The van der Waals surface area contributed by atoms with Gasteiger partial charge in [0.1, 0.15) is 5.82 Å². The predicted octanol–water partition coefficient (Wildman–Crippen LogP) is 4.09. The molecule has 0 saturated carbocycles. The van der Waals surface area contributed by atoms with Gasteiger partial charge in [-0.1, -0.05) is 18.2 Å². The number of methoxy groups -OCH3 is 2. The number of carbonyl (C=O) groups is 2. The van der Waals surface area contributed by atoms with E-state index < -0.39 is 5.82 Å². The van der Waals surface area contributed by atoms with Gasteiger partial charge < -0.3 is 25.4 Å². The van der Waals surface area contributed by atoms with E-state index in [9.17, 15) is 14.0 Å². The summed E-state index contributed by atoms with van der Waals surface area (Å²) < 4.78 is 24.1. The van der Waals surface area contributed by atoms with Crippen molar-refractivity contribution in [1.29, 1.82) is 0 Å². The van der Waals surface area contributed by atoms with E-state index in [0.29, 0.717) is 42.3 Å². The van der Waals surface area contributed by atoms with Crippen molar-refractivity contribution < 1.29 is 23.5 Å². The molecule has 0 aromatic heterocycles. The van der Waals surface area contributed by atoms with Crippen LogP contribution in [0.1, 0.15) is 32.7 Å². The van der Waals surface area contributed by atoms with Gasteiger partial charge in [-0.3, -0.25) is 9.59 Å². The van der Waals surface area contributed by atoms with Crippen LogP contribution in [0.25, 0.3) is 0 Å². The molecule has 3 N–H and O–H groups in total. The fourth-order valence-corrected chi connectivity index (χ4v) is 3.49.